The SMILES string of the molecule is CCOC(=O)C1=C(C)Nc2nc(SC)[nH]c(=O)c2C1c1cccc(Oc2ccccc2)c1. The van der Waals surface area contributed by atoms with Gasteiger partial charge in [-0.15, -0.1) is 0 Å². The summed E-state index contributed by atoms with van der Waals surface area (Å²) in [7, 11) is 0. The number of aromatic nitrogens is 2. The second kappa shape index (κ2) is 9.32. The number of allylic oxidation sites excluding steroid dienone is 1. The monoisotopic (exact) mass is 449 g/mol. The molecule has 0 saturated carbocycles. The maximum absolute atomic E-state index is 13.1. The molecule has 8 heteroatoms. The number of ether oxygens (including phenoxy) is 2. The molecule has 32 heavy (non-hydrogen) atoms. The summed E-state index contributed by atoms with van der Waals surface area (Å²) in [6.45, 7) is 3.76. The summed E-state index contributed by atoms with van der Waals surface area (Å²) in [5, 5.41) is 3.62. The van der Waals surface area contributed by atoms with E-state index in [1.807, 2.05) is 60.9 Å². The van der Waals surface area contributed by atoms with E-state index in [1.54, 1.807) is 13.8 Å². The van der Waals surface area contributed by atoms with Gasteiger partial charge in [0.1, 0.15) is 17.3 Å². The molecule has 0 radical (unpaired) electrons. The van der Waals surface area contributed by atoms with Crippen molar-refractivity contribution in [2.75, 3.05) is 18.2 Å². The lowest BCUT2D eigenvalue weighted by molar-refractivity contribution is -0.138. The molecule has 3 aromatic rings. The molecular weight excluding hydrogens is 426 g/mol. The molecule has 0 saturated heterocycles. The van der Waals surface area contributed by atoms with Gasteiger partial charge in [0.05, 0.1) is 23.7 Å². The number of para-hydroxylation sites is 1. The van der Waals surface area contributed by atoms with Crippen molar-refractivity contribution in [3.63, 3.8) is 0 Å². The number of H-pyrrole nitrogens is 1. The maximum atomic E-state index is 13.1. The van der Waals surface area contributed by atoms with Crippen molar-refractivity contribution < 1.29 is 14.3 Å². The molecule has 0 bridgehead atoms. The molecular formula is C24H23N3O4S. The highest BCUT2D eigenvalue weighted by Gasteiger charge is 2.36. The third-order valence-electron chi connectivity index (χ3n) is 5.08. The van der Waals surface area contributed by atoms with E-state index in [-0.39, 0.29) is 12.2 Å². The van der Waals surface area contributed by atoms with Gasteiger partial charge >= 0.3 is 5.97 Å². The zero-order valence-corrected chi connectivity index (χ0v) is 18.8. The van der Waals surface area contributed by atoms with Gasteiger partial charge in [-0.05, 0) is 49.9 Å². The molecule has 2 aromatic carbocycles. The number of thioether (sulfide) groups is 1. The summed E-state index contributed by atoms with van der Waals surface area (Å²) in [5.41, 5.74) is 1.77. The van der Waals surface area contributed by atoms with Gasteiger partial charge in [-0.25, -0.2) is 9.78 Å². The molecule has 1 aliphatic rings. The number of benzene rings is 2. The fourth-order valence-electron chi connectivity index (χ4n) is 3.72. The Balaban J connectivity index is 1.85. The quantitative estimate of drug-likeness (QED) is 0.321. The summed E-state index contributed by atoms with van der Waals surface area (Å²) in [5.74, 6) is 0.590. The number of nitrogens with zero attached hydrogens (tertiary/aromatic N) is 1. The zero-order chi connectivity index (χ0) is 22.7. The molecule has 1 aromatic heterocycles. The summed E-state index contributed by atoms with van der Waals surface area (Å²) in [6, 6.07) is 16.8. The molecule has 1 atom stereocenters. The lowest BCUT2D eigenvalue weighted by Crippen LogP contribution is -2.31. The molecule has 164 valence electrons. The van der Waals surface area contributed by atoms with E-state index in [2.05, 4.69) is 15.3 Å². The minimum Gasteiger partial charge on any atom is -0.463 e. The van der Waals surface area contributed by atoms with Crippen LogP contribution in [0.25, 0.3) is 0 Å². The van der Waals surface area contributed by atoms with Crippen LogP contribution in [0.2, 0.25) is 0 Å². The number of nitrogens with one attached hydrogen (secondary N) is 2. The van der Waals surface area contributed by atoms with Gasteiger partial charge < -0.3 is 19.8 Å². The first kappa shape index (κ1) is 21.7. The van der Waals surface area contributed by atoms with Crippen LogP contribution in [0.4, 0.5) is 5.82 Å². The van der Waals surface area contributed by atoms with Gasteiger partial charge in [0, 0.05) is 5.70 Å². The van der Waals surface area contributed by atoms with E-state index in [9.17, 15) is 9.59 Å². The Morgan fingerprint density at radius 2 is 1.88 bits per heavy atom. The third kappa shape index (κ3) is 4.27. The summed E-state index contributed by atoms with van der Waals surface area (Å²) >= 11 is 1.34. The van der Waals surface area contributed by atoms with Crippen molar-refractivity contribution in [3.05, 3.63) is 87.3 Å². The first-order valence-corrected chi connectivity index (χ1v) is 11.4. The minimum atomic E-state index is -0.656. The van der Waals surface area contributed by atoms with Crippen LogP contribution in [0.1, 0.15) is 30.9 Å². The molecule has 2 N–H and O–H groups in total. The van der Waals surface area contributed by atoms with Gasteiger partial charge in [0.25, 0.3) is 5.56 Å². The van der Waals surface area contributed by atoms with E-state index in [4.69, 9.17) is 9.47 Å². The van der Waals surface area contributed by atoms with Gasteiger partial charge in [-0.1, -0.05) is 42.1 Å². The van der Waals surface area contributed by atoms with Crippen LogP contribution in [-0.4, -0.2) is 28.8 Å². The van der Waals surface area contributed by atoms with Crippen LogP contribution in [0.15, 0.2) is 75.8 Å². The Morgan fingerprint density at radius 3 is 2.59 bits per heavy atom. The average molecular weight is 450 g/mol. The van der Waals surface area contributed by atoms with Gasteiger partial charge in [0.2, 0.25) is 0 Å². The van der Waals surface area contributed by atoms with Crippen molar-refractivity contribution in [1.82, 2.24) is 9.97 Å². The van der Waals surface area contributed by atoms with E-state index >= 15 is 0 Å². The van der Waals surface area contributed by atoms with Gasteiger partial charge in [-0.3, -0.25) is 4.79 Å². The minimum absolute atomic E-state index is 0.229. The maximum Gasteiger partial charge on any atom is 0.336 e. The summed E-state index contributed by atoms with van der Waals surface area (Å²) in [4.78, 5) is 33.3. The van der Waals surface area contributed by atoms with Crippen LogP contribution in [0.5, 0.6) is 11.5 Å². The number of carbonyl (C=O) groups is 1. The van der Waals surface area contributed by atoms with E-state index in [1.165, 1.54) is 11.8 Å². The van der Waals surface area contributed by atoms with Gasteiger partial charge in [-0.2, -0.15) is 0 Å². The lowest BCUT2D eigenvalue weighted by atomic mass is 9.82. The zero-order valence-electron chi connectivity index (χ0n) is 18.0. The molecule has 4 rings (SSSR count). The molecule has 0 amide bonds. The molecule has 2 heterocycles. The smallest absolute Gasteiger partial charge is 0.336 e. The second-order valence-electron chi connectivity index (χ2n) is 7.14. The highest BCUT2D eigenvalue weighted by Crippen LogP contribution is 2.41. The van der Waals surface area contributed by atoms with Crippen molar-refractivity contribution in [1.29, 1.82) is 0 Å². The number of anilines is 1. The summed E-state index contributed by atoms with van der Waals surface area (Å²) in [6.07, 6.45) is 1.84. The lowest BCUT2D eigenvalue weighted by Gasteiger charge is -2.29. The first-order chi connectivity index (χ1) is 15.5. The Labute approximate surface area is 189 Å². The number of esters is 1. The molecule has 7 nitrogen and oxygen atoms in total. The predicted molar refractivity (Wildman–Crippen MR) is 124 cm³/mol. The fourth-order valence-corrected chi connectivity index (χ4v) is 4.10. The van der Waals surface area contributed by atoms with E-state index < -0.39 is 11.9 Å². The number of hydrogen-bond acceptors (Lipinski definition) is 7. The highest BCUT2D eigenvalue weighted by molar-refractivity contribution is 7.98. The molecule has 0 aliphatic carbocycles. The van der Waals surface area contributed by atoms with Crippen LogP contribution < -0.4 is 15.6 Å². The number of aromatic amines is 1. The van der Waals surface area contributed by atoms with Crippen molar-refractivity contribution in [2.45, 2.75) is 24.9 Å². The van der Waals surface area contributed by atoms with Crippen molar-refractivity contribution >= 4 is 23.5 Å². The molecule has 0 fully saturated rings. The number of carbonyl (C=O) groups excluding carboxylic acids is 1. The molecule has 1 aliphatic heterocycles. The summed E-state index contributed by atoms with van der Waals surface area (Å²) < 4.78 is 11.3. The first-order valence-electron chi connectivity index (χ1n) is 10.2. The van der Waals surface area contributed by atoms with E-state index in [0.29, 0.717) is 39.3 Å². The fraction of sp³-hybridized carbons (Fsp3) is 0.208. The normalized spacial score (nSPS) is 15.0. The molecule has 0 spiro atoms. The number of hydrogen-bond donors (Lipinski definition) is 2. The number of rotatable bonds is 6. The highest BCUT2D eigenvalue weighted by atomic mass is 32.2. The van der Waals surface area contributed by atoms with Crippen LogP contribution in [0.3, 0.4) is 0 Å². The second-order valence-corrected chi connectivity index (χ2v) is 7.94. The largest absolute Gasteiger partial charge is 0.463 e. The van der Waals surface area contributed by atoms with Crippen LogP contribution >= 0.6 is 11.8 Å². The average Bonchev–Trinajstić information content (AvgIpc) is 2.79. The van der Waals surface area contributed by atoms with Crippen LogP contribution in [0, 0.1) is 0 Å². The topological polar surface area (TPSA) is 93.3 Å². The van der Waals surface area contributed by atoms with E-state index in [0.717, 1.165) is 5.56 Å². The Morgan fingerprint density at radius 1 is 1.12 bits per heavy atom. The standard InChI is InChI=1S/C24H23N3O4S/c1-4-30-23(29)18-14(2)25-21-20(22(28)27-24(26-21)32-3)19(18)15-9-8-12-17(13-15)31-16-10-6-5-7-11-16/h5-13,19H,4H2,1-3H3,(H2,25,26,27,28). The van der Waals surface area contributed by atoms with Crippen molar-refractivity contribution in [3.8, 4) is 11.5 Å². The predicted octanol–water partition coefficient (Wildman–Crippen LogP) is 4.68. The third-order valence-corrected chi connectivity index (χ3v) is 5.66. The Bertz CT molecular complexity index is 1240. The van der Waals surface area contributed by atoms with Crippen molar-refractivity contribution in [2.24, 2.45) is 0 Å². The molecule has 1 unspecified atom stereocenters. The Hall–Kier alpha value is -3.52. The number of fused-ring (bicyclic) bond motifs is 1. The Kier molecular flexibility index (Phi) is 6.32. The van der Waals surface area contributed by atoms with Crippen LogP contribution in [-0.2, 0) is 9.53 Å². The van der Waals surface area contributed by atoms with Gasteiger partial charge in [0.15, 0.2) is 5.16 Å².